The molecule has 0 aliphatic heterocycles. The fraction of sp³-hybridized carbons (Fsp3) is 0.154. The van der Waals surface area contributed by atoms with Crippen molar-refractivity contribution < 1.29 is 14.6 Å². The highest BCUT2D eigenvalue weighted by Crippen LogP contribution is 2.19. The van der Waals surface area contributed by atoms with Crippen LogP contribution in [0, 0.1) is 11.3 Å². The second kappa shape index (κ2) is 5.23. The van der Waals surface area contributed by atoms with Gasteiger partial charge in [-0.1, -0.05) is 6.07 Å². The van der Waals surface area contributed by atoms with Gasteiger partial charge in [0.1, 0.15) is 11.8 Å². The van der Waals surface area contributed by atoms with Gasteiger partial charge in [0.05, 0.1) is 19.0 Å². The average Bonchev–Trinajstić information content (AvgIpc) is 2.87. The first kappa shape index (κ1) is 12.6. The van der Waals surface area contributed by atoms with Crippen LogP contribution in [0.1, 0.15) is 21.6 Å². The molecule has 0 aliphatic carbocycles. The Hall–Kier alpha value is -2.81. The number of methoxy groups -OCH3 is 1. The van der Waals surface area contributed by atoms with Crippen LogP contribution in [0.15, 0.2) is 30.7 Å². The summed E-state index contributed by atoms with van der Waals surface area (Å²) in [4.78, 5) is 14.5. The number of benzene rings is 1. The molecular weight excluding hydrogens is 246 g/mol. The van der Waals surface area contributed by atoms with Crippen molar-refractivity contribution in [1.82, 2.24) is 9.55 Å². The highest BCUT2D eigenvalue weighted by molar-refractivity contribution is 5.84. The minimum Gasteiger partial charge on any atom is -0.495 e. The van der Waals surface area contributed by atoms with Gasteiger partial charge in [0.2, 0.25) is 0 Å². The fourth-order valence-corrected chi connectivity index (χ4v) is 1.71. The van der Waals surface area contributed by atoms with Gasteiger partial charge in [0.25, 0.3) is 0 Å². The Labute approximate surface area is 109 Å². The second-order valence-corrected chi connectivity index (χ2v) is 3.88. The fourth-order valence-electron chi connectivity index (χ4n) is 1.71. The number of carboxylic acids is 1. The lowest BCUT2D eigenvalue weighted by Gasteiger charge is -2.06. The molecule has 0 radical (unpaired) electrons. The lowest BCUT2D eigenvalue weighted by Crippen LogP contribution is -1.99. The van der Waals surface area contributed by atoms with Gasteiger partial charge in [0.15, 0.2) is 5.69 Å². The Morgan fingerprint density at radius 3 is 2.95 bits per heavy atom. The summed E-state index contributed by atoms with van der Waals surface area (Å²) in [5.74, 6) is -0.547. The minimum absolute atomic E-state index is 0.00554. The van der Waals surface area contributed by atoms with Gasteiger partial charge in [-0.25, -0.2) is 9.78 Å². The van der Waals surface area contributed by atoms with Crippen LogP contribution in [-0.4, -0.2) is 27.7 Å². The van der Waals surface area contributed by atoms with Gasteiger partial charge in [0, 0.05) is 12.7 Å². The largest absolute Gasteiger partial charge is 0.495 e. The number of nitrogens with zero attached hydrogens (tertiary/aromatic N) is 3. The zero-order valence-corrected chi connectivity index (χ0v) is 10.2. The molecule has 1 heterocycles. The number of rotatable bonds is 4. The van der Waals surface area contributed by atoms with E-state index in [1.165, 1.54) is 19.6 Å². The zero-order valence-electron chi connectivity index (χ0n) is 10.2. The normalized spacial score (nSPS) is 9.89. The molecule has 0 unspecified atom stereocenters. The Kier molecular flexibility index (Phi) is 3.48. The standard InChI is InChI=1S/C13H11N3O3/c1-19-12-3-2-9(4-10(12)5-14)6-16-7-11(13(17)18)15-8-16/h2-4,7-8H,6H2,1H3,(H,17,18). The van der Waals surface area contributed by atoms with Gasteiger partial charge >= 0.3 is 5.97 Å². The topological polar surface area (TPSA) is 88.1 Å². The molecule has 1 aromatic carbocycles. The molecule has 1 aromatic heterocycles. The summed E-state index contributed by atoms with van der Waals surface area (Å²) < 4.78 is 6.70. The molecule has 6 nitrogen and oxygen atoms in total. The molecule has 19 heavy (non-hydrogen) atoms. The summed E-state index contributed by atoms with van der Waals surface area (Å²) in [5, 5.41) is 17.8. The summed E-state index contributed by atoms with van der Waals surface area (Å²) >= 11 is 0. The summed E-state index contributed by atoms with van der Waals surface area (Å²) in [6, 6.07) is 7.29. The van der Waals surface area contributed by atoms with Crippen molar-refractivity contribution in [3.05, 3.63) is 47.5 Å². The van der Waals surface area contributed by atoms with E-state index in [2.05, 4.69) is 11.1 Å². The molecule has 1 N–H and O–H groups in total. The van der Waals surface area contributed by atoms with Crippen LogP contribution in [-0.2, 0) is 6.54 Å². The Morgan fingerprint density at radius 2 is 2.37 bits per heavy atom. The van der Waals surface area contributed by atoms with Crippen LogP contribution in [0.5, 0.6) is 5.75 Å². The molecule has 0 saturated heterocycles. The van der Waals surface area contributed by atoms with Crippen molar-refractivity contribution in [2.75, 3.05) is 7.11 Å². The summed E-state index contributed by atoms with van der Waals surface area (Å²) in [5.41, 5.74) is 1.30. The number of aromatic nitrogens is 2. The van der Waals surface area contributed by atoms with Crippen LogP contribution in [0.2, 0.25) is 0 Å². The zero-order chi connectivity index (χ0) is 13.8. The van der Waals surface area contributed by atoms with Gasteiger partial charge in [-0.05, 0) is 17.7 Å². The van der Waals surface area contributed by atoms with E-state index in [4.69, 9.17) is 15.1 Å². The molecule has 6 heteroatoms. The number of imidazole rings is 1. The Bertz CT molecular complexity index is 655. The monoisotopic (exact) mass is 257 g/mol. The molecule has 2 rings (SSSR count). The average molecular weight is 257 g/mol. The maximum atomic E-state index is 10.7. The third kappa shape index (κ3) is 2.72. The van der Waals surface area contributed by atoms with Gasteiger partial charge in [-0.2, -0.15) is 5.26 Å². The smallest absolute Gasteiger partial charge is 0.356 e. The first-order valence-electron chi connectivity index (χ1n) is 5.46. The van der Waals surface area contributed by atoms with Crippen molar-refractivity contribution in [3.63, 3.8) is 0 Å². The van der Waals surface area contributed by atoms with E-state index < -0.39 is 5.97 Å². The van der Waals surface area contributed by atoms with Crippen LogP contribution in [0.25, 0.3) is 0 Å². The molecule has 0 aliphatic rings. The van der Waals surface area contributed by atoms with Crippen molar-refractivity contribution >= 4 is 5.97 Å². The molecule has 0 saturated carbocycles. The molecule has 0 spiro atoms. The molecule has 96 valence electrons. The third-order valence-electron chi connectivity index (χ3n) is 2.60. The maximum absolute atomic E-state index is 10.7. The van der Waals surface area contributed by atoms with E-state index in [9.17, 15) is 4.79 Å². The van der Waals surface area contributed by atoms with Crippen LogP contribution in [0.4, 0.5) is 0 Å². The van der Waals surface area contributed by atoms with E-state index in [1.807, 2.05) is 6.07 Å². The number of carbonyl (C=O) groups is 1. The second-order valence-electron chi connectivity index (χ2n) is 3.88. The van der Waals surface area contributed by atoms with Crippen molar-refractivity contribution in [2.24, 2.45) is 0 Å². The number of hydrogen-bond donors (Lipinski definition) is 1. The van der Waals surface area contributed by atoms with E-state index in [-0.39, 0.29) is 5.69 Å². The van der Waals surface area contributed by atoms with Crippen molar-refractivity contribution in [2.45, 2.75) is 6.54 Å². The van der Waals surface area contributed by atoms with Gasteiger partial charge in [-0.3, -0.25) is 0 Å². The first-order chi connectivity index (χ1) is 9.13. The number of ether oxygens (including phenoxy) is 1. The molecule has 0 amide bonds. The van der Waals surface area contributed by atoms with Gasteiger partial charge in [-0.15, -0.1) is 0 Å². The molecular formula is C13H11N3O3. The molecule has 2 aromatic rings. The predicted octanol–water partition coefficient (Wildman–Crippen LogP) is 1.51. The third-order valence-corrected chi connectivity index (χ3v) is 2.60. The molecule has 0 fully saturated rings. The van der Waals surface area contributed by atoms with Crippen LogP contribution < -0.4 is 4.74 Å². The van der Waals surface area contributed by atoms with Crippen LogP contribution in [0.3, 0.4) is 0 Å². The number of nitriles is 1. The Balaban J connectivity index is 2.23. The quantitative estimate of drug-likeness (QED) is 0.896. The summed E-state index contributed by atoms with van der Waals surface area (Å²) in [6.45, 7) is 0.443. The number of carboxylic acid groups (broad SMARTS) is 1. The minimum atomic E-state index is -1.06. The van der Waals surface area contributed by atoms with E-state index in [1.54, 1.807) is 16.7 Å². The van der Waals surface area contributed by atoms with Crippen molar-refractivity contribution in [3.8, 4) is 11.8 Å². The summed E-state index contributed by atoms with van der Waals surface area (Å²) in [7, 11) is 1.50. The van der Waals surface area contributed by atoms with Crippen LogP contribution >= 0.6 is 0 Å². The highest BCUT2D eigenvalue weighted by Gasteiger charge is 2.08. The number of aromatic carboxylic acids is 1. The molecule has 0 bridgehead atoms. The van der Waals surface area contributed by atoms with Crippen molar-refractivity contribution in [1.29, 1.82) is 5.26 Å². The lowest BCUT2D eigenvalue weighted by atomic mass is 10.1. The lowest BCUT2D eigenvalue weighted by molar-refractivity contribution is 0.0691. The van der Waals surface area contributed by atoms with E-state index >= 15 is 0 Å². The Morgan fingerprint density at radius 1 is 1.58 bits per heavy atom. The number of hydrogen-bond acceptors (Lipinski definition) is 4. The van der Waals surface area contributed by atoms with Gasteiger partial charge < -0.3 is 14.4 Å². The maximum Gasteiger partial charge on any atom is 0.356 e. The van der Waals surface area contributed by atoms with E-state index in [0.717, 1.165) is 5.56 Å². The highest BCUT2D eigenvalue weighted by atomic mass is 16.5. The van der Waals surface area contributed by atoms with E-state index in [0.29, 0.717) is 17.9 Å². The summed E-state index contributed by atoms with van der Waals surface area (Å²) in [6.07, 6.45) is 2.89. The predicted molar refractivity (Wildman–Crippen MR) is 66.0 cm³/mol. The molecule has 0 atom stereocenters. The first-order valence-corrected chi connectivity index (χ1v) is 5.46. The SMILES string of the molecule is COc1ccc(Cn2cnc(C(=O)O)c2)cc1C#N.